The Hall–Kier alpha value is -1.42. The summed E-state index contributed by atoms with van der Waals surface area (Å²) in [5, 5.41) is 0. The van der Waals surface area contributed by atoms with Crippen molar-refractivity contribution in [2.24, 2.45) is 5.92 Å². The molecule has 0 aliphatic carbocycles. The molecule has 102 valence electrons. The number of nitrogens with zero attached hydrogens (tertiary/aromatic N) is 1. The van der Waals surface area contributed by atoms with Crippen molar-refractivity contribution in [2.45, 2.75) is 32.0 Å². The van der Waals surface area contributed by atoms with Crippen LogP contribution in [0.2, 0.25) is 0 Å². The third kappa shape index (κ3) is 2.50. The number of amides is 1. The second kappa shape index (κ2) is 4.93. The van der Waals surface area contributed by atoms with Crippen LogP contribution in [0, 0.1) is 11.7 Å². The van der Waals surface area contributed by atoms with Gasteiger partial charge in [-0.05, 0) is 49.9 Å². The maximum Gasteiger partial charge on any atom is 0.253 e. The standard InChI is InChI=1S/C15H18FNO2/c1-10-8-12-6-7-17(9-14(12)19-10)15(18)11-2-4-13(16)5-3-11/h2-5,10,12,14H,6-9H2,1H3/t10-,12-,14+/m1/s1. The summed E-state index contributed by atoms with van der Waals surface area (Å²) in [6, 6.07) is 5.74. The summed E-state index contributed by atoms with van der Waals surface area (Å²) in [4.78, 5) is 14.2. The molecule has 2 aliphatic heterocycles. The first kappa shape index (κ1) is 12.6. The second-order valence-corrected chi connectivity index (χ2v) is 5.53. The summed E-state index contributed by atoms with van der Waals surface area (Å²) in [6.45, 7) is 3.52. The number of hydrogen-bond donors (Lipinski definition) is 0. The quantitative estimate of drug-likeness (QED) is 0.779. The Morgan fingerprint density at radius 3 is 2.84 bits per heavy atom. The summed E-state index contributed by atoms with van der Waals surface area (Å²) in [6.07, 6.45) is 2.58. The number of rotatable bonds is 1. The van der Waals surface area contributed by atoms with Crippen LogP contribution in [-0.4, -0.2) is 36.1 Å². The zero-order valence-corrected chi connectivity index (χ0v) is 11.0. The maximum atomic E-state index is 12.9. The van der Waals surface area contributed by atoms with E-state index in [2.05, 4.69) is 6.92 Å². The van der Waals surface area contributed by atoms with E-state index < -0.39 is 0 Å². The highest BCUT2D eigenvalue weighted by atomic mass is 19.1. The highest BCUT2D eigenvalue weighted by Gasteiger charge is 2.38. The Morgan fingerprint density at radius 1 is 1.37 bits per heavy atom. The van der Waals surface area contributed by atoms with Crippen molar-refractivity contribution in [3.8, 4) is 0 Å². The van der Waals surface area contributed by atoms with E-state index in [1.54, 1.807) is 12.1 Å². The van der Waals surface area contributed by atoms with Gasteiger partial charge in [-0.3, -0.25) is 4.79 Å². The lowest BCUT2D eigenvalue weighted by molar-refractivity contribution is 0.00156. The molecule has 19 heavy (non-hydrogen) atoms. The summed E-state index contributed by atoms with van der Waals surface area (Å²) in [7, 11) is 0. The molecule has 0 N–H and O–H groups in total. The average molecular weight is 263 g/mol. The first-order chi connectivity index (χ1) is 9.13. The largest absolute Gasteiger partial charge is 0.373 e. The van der Waals surface area contributed by atoms with Crippen LogP contribution in [0.5, 0.6) is 0 Å². The minimum Gasteiger partial charge on any atom is -0.373 e. The molecule has 0 radical (unpaired) electrons. The van der Waals surface area contributed by atoms with Crippen LogP contribution in [0.25, 0.3) is 0 Å². The fraction of sp³-hybridized carbons (Fsp3) is 0.533. The van der Waals surface area contributed by atoms with Gasteiger partial charge in [0.15, 0.2) is 0 Å². The SMILES string of the molecule is C[C@@H]1C[C@H]2CCN(C(=O)c3ccc(F)cc3)C[C@@H]2O1. The van der Waals surface area contributed by atoms with E-state index in [1.807, 2.05) is 4.90 Å². The molecular formula is C15H18FNO2. The molecule has 2 fully saturated rings. The van der Waals surface area contributed by atoms with Gasteiger partial charge < -0.3 is 9.64 Å². The molecule has 3 rings (SSSR count). The highest BCUT2D eigenvalue weighted by molar-refractivity contribution is 5.94. The minimum absolute atomic E-state index is 0.0263. The Bertz CT molecular complexity index is 474. The Morgan fingerprint density at radius 2 is 2.11 bits per heavy atom. The highest BCUT2D eigenvalue weighted by Crippen LogP contribution is 2.33. The number of carbonyl (C=O) groups is 1. The molecule has 1 aromatic rings. The molecular weight excluding hydrogens is 245 g/mol. The Balaban J connectivity index is 1.70. The van der Waals surface area contributed by atoms with Gasteiger partial charge in [0.1, 0.15) is 5.82 Å². The van der Waals surface area contributed by atoms with Crippen LogP contribution in [0.15, 0.2) is 24.3 Å². The first-order valence-corrected chi connectivity index (χ1v) is 6.84. The van der Waals surface area contributed by atoms with Gasteiger partial charge in [-0.25, -0.2) is 4.39 Å². The van der Waals surface area contributed by atoms with E-state index in [-0.39, 0.29) is 17.8 Å². The van der Waals surface area contributed by atoms with Crippen molar-refractivity contribution in [3.63, 3.8) is 0 Å². The molecule has 0 saturated carbocycles. The average Bonchev–Trinajstić information content (AvgIpc) is 2.77. The van der Waals surface area contributed by atoms with E-state index in [9.17, 15) is 9.18 Å². The van der Waals surface area contributed by atoms with Crippen molar-refractivity contribution in [2.75, 3.05) is 13.1 Å². The maximum absolute atomic E-state index is 12.9. The zero-order chi connectivity index (χ0) is 13.4. The predicted molar refractivity (Wildman–Crippen MR) is 69.4 cm³/mol. The Labute approximate surface area is 112 Å². The van der Waals surface area contributed by atoms with Gasteiger partial charge in [0.25, 0.3) is 5.91 Å². The molecule has 3 nitrogen and oxygen atoms in total. The van der Waals surface area contributed by atoms with Crippen LogP contribution >= 0.6 is 0 Å². The van der Waals surface area contributed by atoms with Crippen LogP contribution in [0.4, 0.5) is 4.39 Å². The first-order valence-electron chi connectivity index (χ1n) is 6.84. The van der Waals surface area contributed by atoms with Crippen molar-refractivity contribution in [1.82, 2.24) is 4.90 Å². The monoisotopic (exact) mass is 263 g/mol. The number of likely N-dealkylation sites (tertiary alicyclic amines) is 1. The van der Waals surface area contributed by atoms with E-state index >= 15 is 0 Å². The number of fused-ring (bicyclic) bond motifs is 1. The van der Waals surface area contributed by atoms with Crippen molar-refractivity contribution in [3.05, 3.63) is 35.6 Å². The van der Waals surface area contributed by atoms with Gasteiger partial charge in [-0.2, -0.15) is 0 Å². The van der Waals surface area contributed by atoms with Gasteiger partial charge in [-0.15, -0.1) is 0 Å². The molecule has 2 aliphatic rings. The molecule has 0 bridgehead atoms. The van der Waals surface area contributed by atoms with Gasteiger partial charge in [0, 0.05) is 18.7 Å². The summed E-state index contributed by atoms with van der Waals surface area (Å²) >= 11 is 0. The van der Waals surface area contributed by atoms with Crippen molar-refractivity contribution < 1.29 is 13.9 Å². The fourth-order valence-electron chi connectivity index (χ4n) is 3.13. The van der Waals surface area contributed by atoms with Crippen molar-refractivity contribution in [1.29, 1.82) is 0 Å². The third-order valence-electron chi connectivity index (χ3n) is 4.12. The molecule has 1 aromatic carbocycles. The summed E-state index contributed by atoms with van der Waals surface area (Å²) in [5.74, 6) is 0.247. The summed E-state index contributed by atoms with van der Waals surface area (Å²) < 4.78 is 18.7. The summed E-state index contributed by atoms with van der Waals surface area (Å²) in [5.41, 5.74) is 0.547. The van der Waals surface area contributed by atoms with Gasteiger partial charge in [-0.1, -0.05) is 0 Å². The second-order valence-electron chi connectivity index (χ2n) is 5.53. The van der Waals surface area contributed by atoms with E-state index in [4.69, 9.17) is 4.74 Å². The van der Waals surface area contributed by atoms with Gasteiger partial charge in [0.2, 0.25) is 0 Å². The number of carbonyl (C=O) groups excluding carboxylic acids is 1. The molecule has 0 unspecified atom stereocenters. The zero-order valence-electron chi connectivity index (χ0n) is 11.0. The number of piperidine rings is 1. The molecule has 0 aromatic heterocycles. The normalized spacial score (nSPS) is 30.2. The molecule has 2 saturated heterocycles. The Kier molecular flexibility index (Phi) is 3.27. The minimum atomic E-state index is -0.316. The fourth-order valence-corrected chi connectivity index (χ4v) is 3.13. The number of hydrogen-bond acceptors (Lipinski definition) is 2. The smallest absolute Gasteiger partial charge is 0.253 e. The van der Waals surface area contributed by atoms with Crippen LogP contribution < -0.4 is 0 Å². The predicted octanol–water partition coefficient (Wildman–Crippen LogP) is 2.47. The lowest BCUT2D eigenvalue weighted by Gasteiger charge is -2.34. The number of ether oxygens (including phenoxy) is 1. The molecule has 2 heterocycles. The van der Waals surface area contributed by atoms with E-state index in [1.165, 1.54) is 12.1 Å². The molecule has 3 atom stereocenters. The number of benzene rings is 1. The van der Waals surface area contributed by atoms with E-state index in [0.29, 0.717) is 24.1 Å². The van der Waals surface area contributed by atoms with Crippen LogP contribution in [0.3, 0.4) is 0 Å². The third-order valence-corrected chi connectivity index (χ3v) is 4.12. The van der Waals surface area contributed by atoms with Gasteiger partial charge >= 0.3 is 0 Å². The van der Waals surface area contributed by atoms with Gasteiger partial charge in [0.05, 0.1) is 12.2 Å². The van der Waals surface area contributed by atoms with Crippen LogP contribution in [-0.2, 0) is 4.74 Å². The van der Waals surface area contributed by atoms with Crippen molar-refractivity contribution >= 4 is 5.91 Å². The number of halogens is 1. The molecule has 0 spiro atoms. The molecule has 1 amide bonds. The lowest BCUT2D eigenvalue weighted by atomic mass is 9.92. The van der Waals surface area contributed by atoms with E-state index in [0.717, 1.165) is 19.4 Å². The lowest BCUT2D eigenvalue weighted by Crippen LogP contribution is -2.45. The topological polar surface area (TPSA) is 29.5 Å². The molecule has 4 heteroatoms. The van der Waals surface area contributed by atoms with Crippen LogP contribution in [0.1, 0.15) is 30.1 Å².